The van der Waals surface area contributed by atoms with Gasteiger partial charge in [0.15, 0.2) is 0 Å². The van der Waals surface area contributed by atoms with Gasteiger partial charge in [0.25, 0.3) is 5.91 Å². The molecule has 0 bridgehead atoms. The highest BCUT2D eigenvalue weighted by Gasteiger charge is 2.17. The van der Waals surface area contributed by atoms with E-state index >= 15 is 0 Å². The molecule has 1 amide bonds. The molecule has 1 unspecified atom stereocenters. The van der Waals surface area contributed by atoms with Crippen LogP contribution < -0.4 is 5.32 Å². The maximum Gasteiger partial charge on any atom is 0.323 e. The van der Waals surface area contributed by atoms with Crippen LogP contribution in [0.2, 0.25) is 0 Å². The van der Waals surface area contributed by atoms with Gasteiger partial charge in [0.2, 0.25) is 0 Å². The molecule has 0 aromatic carbocycles. The third kappa shape index (κ3) is 3.82. The second-order valence-corrected chi connectivity index (χ2v) is 4.71. The van der Waals surface area contributed by atoms with Crippen LogP contribution in [0.5, 0.6) is 0 Å². The molecular formula is C13H18N2O4. The number of nitrogens with zero attached hydrogens (tertiary/aromatic N) is 1. The molecule has 1 atom stereocenters. The van der Waals surface area contributed by atoms with Crippen LogP contribution in [-0.2, 0) is 16.1 Å². The van der Waals surface area contributed by atoms with Crippen molar-refractivity contribution in [2.24, 2.45) is 5.92 Å². The zero-order valence-corrected chi connectivity index (χ0v) is 10.7. The predicted octanol–water partition coefficient (Wildman–Crippen LogP) is 0.729. The summed E-state index contributed by atoms with van der Waals surface area (Å²) in [4.78, 5) is 22.7. The first-order chi connectivity index (χ1) is 9.16. The molecule has 1 aromatic rings. The molecule has 0 saturated carbocycles. The Hall–Kier alpha value is -1.82. The average molecular weight is 266 g/mol. The van der Waals surface area contributed by atoms with Gasteiger partial charge in [0.05, 0.1) is 6.61 Å². The summed E-state index contributed by atoms with van der Waals surface area (Å²) in [6.45, 7) is 1.84. The molecule has 1 aromatic heterocycles. The summed E-state index contributed by atoms with van der Waals surface area (Å²) >= 11 is 0. The molecule has 2 rings (SSSR count). The van der Waals surface area contributed by atoms with Crippen molar-refractivity contribution in [3.05, 3.63) is 24.0 Å². The molecule has 1 aliphatic rings. The Balaban J connectivity index is 1.88. The number of nitrogens with one attached hydrogen (secondary N) is 1. The Labute approximate surface area is 111 Å². The first-order valence-corrected chi connectivity index (χ1v) is 6.39. The topological polar surface area (TPSA) is 80.6 Å². The first kappa shape index (κ1) is 13.6. The number of hydrogen-bond donors (Lipinski definition) is 2. The van der Waals surface area contributed by atoms with Gasteiger partial charge in [-0.1, -0.05) is 0 Å². The molecule has 1 fully saturated rings. The van der Waals surface area contributed by atoms with Crippen LogP contribution in [0.1, 0.15) is 23.3 Å². The van der Waals surface area contributed by atoms with Gasteiger partial charge in [0, 0.05) is 19.3 Å². The highest BCUT2D eigenvalue weighted by Crippen LogP contribution is 2.12. The number of hydrogen-bond acceptors (Lipinski definition) is 3. The van der Waals surface area contributed by atoms with Gasteiger partial charge in [-0.2, -0.15) is 0 Å². The number of ether oxygens (including phenoxy) is 1. The highest BCUT2D eigenvalue weighted by molar-refractivity contribution is 5.93. The first-order valence-electron chi connectivity index (χ1n) is 6.39. The molecule has 6 heteroatoms. The lowest BCUT2D eigenvalue weighted by Crippen LogP contribution is -2.34. The predicted molar refractivity (Wildman–Crippen MR) is 67.9 cm³/mol. The Kier molecular flexibility index (Phi) is 4.57. The lowest BCUT2D eigenvalue weighted by molar-refractivity contribution is -0.137. The van der Waals surface area contributed by atoms with Gasteiger partial charge in [-0.25, -0.2) is 0 Å². The highest BCUT2D eigenvalue weighted by atomic mass is 16.5. The number of rotatable bonds is 5. The monoisotopic (exact) mass is 266 g/mol. The summed E-state index contributed by atoms with van der Waals surface area (Å²) in [5, 5.41) is 11.6. The fourth-order valence-electron chi connectivity index (χ4n) is 2.20. The van der Waals surface area contributed by atoms with Gasteiger partial charge in [-0.05, 0) is 30.9 Å². The Morgan fingerprint density at radius 1 is 1.53 bits per heavy atom. The maximum atomic E-state index is 12.0. The SMILES string of the molecule is O=C(O)Cn1cccc1C(=O)NCC1CCCOC1. The second kappa shape index (κ2) is 6.38. The smallest absolute Gasteiger partial charge is 0.323 e. The van der Waals surface area contributed by atoms with Crippen molar-refractivity contribution in [1.82, 2.24) is 9.88 Å². The molecule has 2 heterocycles. The Bertz CT molecular complexity index is 449. The van der Waals surface area contributed by atoms with E-state index in [2.05, 4.69) is 5.32 Å². The molecular weight excluding hydrogens is 248 g/mol. The summed E-state index contributed by atoms with van der Waals surface area (Å²) in [5.74, 6) is -0.858. The Morgan fingerprint density at radius 2 is 2.37 bits per heavy atom. The largest absolute Gasteiger partial charge is 0.480 e. The number of carbonyl (C=O) groups excluding carboxylic acids is 1. The summed E-state index contributed by atoms with van der Waals surface area (Å²) < 4.78 is 6.77. The van der Waals surface area contributed by atoms with Crippen LogP contribution in [0.25, 0.3) is 0 Å². The van der Waals surface area contributed by atoms with E-state index in [4.69, 9.17) is 9.84 Å². The summed E-state index contributed by atoms with van der Waals surface area (Å²) in [7, 11) is 0. The molecule has 0 spiro atoms. The number of aliphatic carboxylic acids is 1. The fourth-order valence-corrected chi connectivity index (χ4v) is 2.20. The van der Waals surface area contributed by atoms with E-state index in [1.165, 1.54) is 4.57 Å². The van der Waals surface area contributed by atoms with Crippen molar-refractivity contribution >= 4 is 11.9 Å². The summed E-state index contributed by atoms with van der Waals surface area (Å²) in [5.41, 5.74) is 0.374. The standard InChI is InChI=1S/C13H18N2O4/c16-12(17)8-15-5-1-4-11(15)13(18)14-7-10-3-2-6-19-9-10/h1,4-5,10H,2-3,6-9H2,(H,14,18)(H,16,17). The zero-order chi connectivity index (χ0) is 13.7. The molecule has 6 nitrogen and oxygen atoms in total. The van der Waals surface area contributed by atoms with E-state index in [1.54, 1.807) is 18.3 Å². The van der Waals surface area contributed by atoms with E-state index in [0.29, 0.717) is 24.8 Å². The van der Waals surface area contributed by atoms with Crippen molar-refractivity contribution in [3.8, 4) is 0 Å². The van der Waals surface area contributed by atoms with Crippen LogP contribution in [-0.4, -0.2) is 41.3 Å². The minimum Gasteiger partial charge on any atom is -0.480 e. The zero-order valence-electron chi connectivity index (χ0n) is 10.7. The van der Waals surface area contributed by atoms with Crippen LogP contribution in [0.3, 0.4) is 0 Å². The Morgan fingerprint density at radius 3 is 3.05 bits per heavy atom. The van der Waals surface area contributed by atoms with Crippen LogP contribution in [0, 0.1) is 5.92 Å². The van der Waals surface area contributed by atoms with Crippen molar-refractivity contribution in [2.45, 2.75) is 19.4 Å². The van der Waals surface area contributed by atoms with Crippen LogP contribution in [0.4, 0.5) is 0 Å². The van der Waals surface area contributed by atoms with E-state index in [1.807, 2.05) is 0 Å². The quantitative estimate of drug-likeness (QED) is 0.823. The number of carbonyl (C=O) groups is 2. The van der Waals surface area contributed by atoms with Crippen molar-refractivity contribution in [1.29, 1.82) is 0 Å². The van der Waals surface area contributed by atoms with Gasteiger partial charge in [-0.3, -0.25) is 9.59 Å². The maximum absolute atomic E-state index is 12.0. The number of amides is 1. The van der Waals surface area contributed by atoms with E-state index < -0.39 is 5.97 Å². The van der Waals surface area contributed by atoms with Crippen molar-refractivity contribution < 1.29 is 19.4 Å². The fraction of sp³-hybridized carbons (Fsp3) is 0.538. The van der Waals surface area contributed by atoms with Gasteiger partial charge in [0.1, 0.15) is 12.2 Å². The number of aromatic nitrogens is 1. The van der Waals surface area contributed by atoms with Crippen molar-refractivity contribution in [2.75, 3.05) is 19.8 Å². The van der Waals surface area contributed by atoms with E-state index in [9.17, 15) is 9.59 Å². The van der Waals surface area contributed by atoms with Gasteiger partial charge < -0.3 is 19.7 Å². The molecule has 0 radical (unpaired) electrons. The molecule has 19 heavy (non-hydrogen) atoms. The molecule has 104 valence electrons. The van der Waals surface area contributed by atoms with E-state index in [-0.39, 0.29) is 12.5 Å². The molecule has 2 N–H and O–H groups in total. The minimum atomic E-state index is -0.967. The van der Waals surface area contributed by atoms with Crippen molar-refractivity contribution in [3.63, 3.8) is 0 Å². The number of carboxylic acid groups (broad SMARTS) is 1. The lowest BCUT2D eigenvalue weighted by atomic mass is 10.0. The lowest BCUT2D eigenvalue weighted by Gasteiger charge is -2.22. The number of carboxylic acids is 1. The molecule has 1 saturated heterocycles. The molecule has 1 aliphatic heterocycles. The van der Waals surface area contributed by atoms with E-state index in [0.717, 1.165) is 19.4 Å². The van der Waals surface area contributed by atoms with Gasteiger partial charge in [-0.15, -0.1) is 0 Å². The average Bonchev–Trinajstić information content (AvgIpc) is 2.84. The summed E-state index contributed by atoms with van der Waals surface area (Å²) in [6, 6.07) is 3.29. The van der Waals surface area contributed by atoms with Crippen LogP contribution in [0.15, 0.2) is 18.3 Å². The normalized spacial score (nSPS) is 19.1. The summed E-state index contributed by atoms with van der Waals surface area (Å²) in [6.07, 6.45) is 3.67. The van der Waals surface area contributed by atoms with Gasteiger partial charge >= 0.3 is 5.97 Å². The molecule has 0 aliphatic carbocycles. The second-order valence-electron chi connectivity index (χ2n) is 4.71. The third-order valence-electron chi connectivity index (χ3n) is 3.17. The third-order valence-corrected chi connectivity index (χ3v) is 3.17. The van der Waals surface area contributed by atoms with Crippen LogP contribution >= 0.6 is 0 Å². The minimum absolute atomic E-state index is 0.206.